The molecule has 0 atom stereocenters. The Morgan fingerprint density at radius 2 is 2.16 bits per heavy atom. The number of thiazole rings is 1. The Morgan fingerprint density at radius 1 is 1.47 bits per heavy atom. The number of nitrogens with one attached hydrogen (secondary N) is 1. The van der Waals surface area contributed by atoms with E-state index < -0.39 is 11.4 Å². The van der Waals surface area contributed by atoms with Gasteiger partial charge in [-0.1, -0.05) is 6.92 Å². The molecule has 1 amide bonds. The van der Waals surface area contributed by atoms with Gasteiger partial charge in [0.2, 0.25) is 5.91 Å². The second-order valence-corrected chi connectivity index (χ2v) is 6.24. The van der Waals surface area contributed by atoms with Crippen LogP contribution < -0.4 is 5.32 Å². The van der Waals surface area contributed by atoms with E-state index in [4.69, 9.17) is 5.11 Å². The largest absolute Gasteiger partial charge is 0.481 e. The third-order valence-corrected chi connectivity index (χ3v) is 3.99. The summed E-state index contributed by atoms with van der Waals surface area (Å²) in [5, 5.41) is 12.7. The summed E-state index contributed by atoms with van der Waals surface area (Å²) in [6.07, 6.45) is 3.50. The molecule has 0 bridgehead atoms. The molecular weight excluding hydrogens is 264 g/mol. The van der Waals surface area contributed by atoms with Crippen LogP contribution in [-0.2, 0) is 22.4 Å². The molecule has 0 aliphatic rings. The fourth-order valence-electron chi connectivity index (χ4n) is 1.48. The first-order valence-electron chi connectivity index (χ1n) is 6.29. The summed E-state index contributed by atoms with van der Waals surface area (Å²) in [6.45, 7) is 5.66. The third kappa shape index (κ3) is 4.98. The Labute approximate surface area is 117 Å². The molecule has 5 nitrogen and oxygen atoms in total. The number of hydrogen-bond donors (Lipinski definition) is 2. The third-order valence-electron chi connectivity index (χ3n) is 2.79. The van der Waals surface area contributed by atoms with Gasteiger partial charge in [0, 0.05) is 30.5 Å². The Bertz CT molecular complexity index is 454. The Morgan fingerprint density at radius 3 is 2.68 bits per heavy atom. The van der Waals surface area contributed by atoms with E-state index in [1.807, 2.05) is 6.20 Å². The van der Waals surface area contributed by atoms with Gasteiger partial charge in [0.1, 0.15) is 0 Å². The van der Waals surface area contributed by atoms with Gasteiger partial charge >= 0.3 is 5.97 Å². The number of amides is 1. The number of carboxylic acids is 1. The van der Waals surface area contributed by atoms with Crippen LogP contribution in [0, 0.1) is 5.41 Å². The lowest BCUT2D eigenvalue weighted by Gasteiger charge is -2.17. The molecule has 0 fully saturated rings. The van der Waals surface area contributed by atoms with E-state index >= 15 is 0 Å². The molecule has 0 saturated carbocycles. The molecule has 0 aromatic carbocycles. The van der Waals surface area contributed by atoms with Crippen LogP contribution in [0.4, 0.5) is 0 Å². The second-order valence-electron chi connectivity index (χ2n) is 5.04. The van der Waals surface area contributed by atoms with Crippen LogP contribution in [0.5, 0.6) is 0 Å². The highest BCUT2D eigenvalue weighted by molar-refractivity contribution is 7.11. The maximum absolute atomic E-state index is 11.6. The summed E-state index contributed by atoms with van der Waals surface area (Å²) in [5.74, 6) is -1.20. The molecule has 0 radical (unpaired) electrons. The lowest BCUT2D eigenvalue weighted by molar-refractivity contribution is -0.149. The van der Waals surface area contributed by atoms with Crippen LogP contribution in [0.25, 0.3) is 0 Å². The Kier molecular flexibility index (Phi) is 5.47. The van der Waals surface area contributed by atoms with Gasteiger partial charge in [0.15, 0.2) is 0 Å². The number of hydrogen-bond acceptors (Lipinski definition) is 4. The molecule has 19 heavy (non-hydrogen) atoms. The first-order valence-corrected chi connectivity index (χ1v) is 7.10. The lowest BCUT2D eigenvalue weighted by Crippen LogP contribution is -2.34. The second kappa shape index (κ2) is 6.65. The summed E-state index contributed by atoms with van der Waals surface area (Å²) in [4.78, 5) is 28.0. The Balaban J connectivity index is 2.33. The molecule has 1 aromatic heterocycles. The van der Waals surface area contributed by atoms with Crippen LogP contribution in [-0.4, -0.2) is 28.5 Å². The van der Waals surface area contributed by atoms with Crippen molar-refractivity contribution < 1.29 is 14.7 Å². The van der Waals surface area contributed by atoms with E-state index in [1.54, 1.807) is 25.2 Å². The predicted molar refractivity (Wildman–Crippen MR) is 74.2 cm³/mol. The van der Waals surface area contributed by atoms with Gasteiger partial charge in [-0.15, -0.1) is 11.3 Å². The van der Waals surface area contributed by atoms with Crippen molar-refractivity contribution in [1.29, 1.82) is 0 Å². The zero-order valence-corrected chi connectivity index (χ0v) is 12.3. The summed E-state index contributed by atoms with van der Waals surface area (Å²) >= 11 is 1.65. The van der Waals surface area contributed by atoms with Gasteiger partial charge in [-0.3, -0.25) is 9.59 Å². The van der Waals surface area contributed by atoms with Gasteiger partial charge in [-0.2, -0.15) is 0 Å². The standard InChI is InChI=1S/C13H20N2O3S/c1-4-9-8-15-11(19-9)5-6-14-10(16)7-13(2,3)12(17)18/h8H,4-7H2,1-3H3,(H,14,16)(H,17,18). The molecule has 0 saturated heterocycles. The van der Waals surface area contributed by atoms with E-state index in [-0.39, 0.29) is 12.3 Å². The highest BCUT2D eigenvalue weighted by atomic mass is 32.1. The van der Waals surface area contributed by atoms with Gasteiger partial charge in [-0.05, 0) is 20.3 Å². The first-order chi connectivity index (χ1) is 8.85. The molecule has 6 heteroatoms. The van der Waals surface area contributed by atoms with Crippen molar-refractivity contribution in [1.82, 2.24) is 10.3 Å². The molecule has 1 aromatic rings. The summed E-state index contributed by atoms with van der Waals surface area (Å²) in [5.41, 5.74) is -1.03. The molecule has 0 aliphatic carbocycles. The minimum atomic E-state index is -1.03. The van der Waals surface area contributed by atoms with Crippen LogP contribution >= 0.6 is 11.3 Å². The summed E-state index contributed by atoms with van der Waals surface area (Å²) in [6, 6.07) is 0. The van der Waals surface area contributed by atoms with E-state index in [0.717, 1.165) is 11.4 Å². The number of aryl methyl sites for hydroxylation is 1. The summed E-state index contributed by atoms with van der Waals surface area (Å²) < 4.78 is 0. The minimum absolute atomic E-state index is 0.0135. The van der Waals surface area contributed by atoms with Gasteiger partial charge in [0.05, 0.1) is 10.4 Å². The van der Waals surface area contributed by atoms with Crippen molar-refractivity contribution in [2.24, 2.45) is 5.41 Å². The molecule has 0 unspecified atom stereocenters. The normalized spacial score (nSPS) is 11.3. The van der Waals surface area contributed by atoms with Crippen molar-refractivity contribution in [2.75, 3.05) is 6.54 Å². The van der Waals surface area contributed by atoms with Crippen molar-refractivity contribution in [3.63, 3.8) is 0 Å². The van der Waals surface area contributed by atoms with E-state index in [1.165, 1.54) is 4.88 Å². The molecule has 1 heterocycles. The van der Waals surface area contributed by atoms with E-state index in [0.29, 0.717) is 13.0 Å². The average Bonchev–Trinajstić information content (AvgIpc) is 2.76. The fraction of sp³-hybridized carbons (Fsp3) is 0.615. The number of carboxylic acid groups (broad SMARTS) is 1. The SMILES string of the molecule is CCc1cnc(CCNC(=O)CC(C)(C)C(=O)O)s1. The Hall–Kier alpha value is -1.43. The van der Waals surface area contributed by atoms with E-state index in [9.17, 15) is 9.59 Å². The fourth-order valence-corrected chi connectivity index (χ4v) is 2.34. The van der Waals surface area contributed by atoms with Crippen LogP contribution in [0.2, 0.25) is 0 Å². The number of carbonyl (C=O) groups is 2. The molecule has 1 rings (SSSR count). The molecule has 0 aliphatic heterocycles. The smallest absolute Gasteiger partial charge is 0.309 e. The monoisotopic (exact) mass is 284 g/mol. The van der Waals surface area contributed by atoms with Gasteiger partial charge < -0.3 is 10.4 Å². The van der Waals surface area contributed by atoms with Crippen LogP contribution in [0.15, 0.2) is 6.20 Å². The highest BCUT2D eigenvalue weighted by Crippen LogP contribution is 2.20. The number of aliphatic carboxylic acids is 1. The number of carbonyl (C=O) groups excluding carboxylic acids is 1. The molecule has 106 valence electrons. The minimum Gasteiger partial charge on any atom is -0.481 e. The van der Waals surface area contributed by atoms with Crippen molar-refractivity contribution in [2.45, 2.75) is 40.0 Å². The summed E-state index contributed by atoms with van der Waals surface area (Å²) in [7, 11) is 0. The zero-order valence-electron chi connectivity index (χ0n) is 11.5. The van der Waals surface area contributed by atoms with Crippen molar-refractivity contribution in [3.8, 4) is 0 Å². The quantitative estimate of drug-likeness (QED) is 0.801. The van der Waals surface area contributed by atoms with E-state index in [2.05, 4.69) is 17.2 Å². The van der Waals surface area contributed by atoms with Gasteiger partial charge in [-0.25, -0.2) is 4.98 Å². The highest BCUT2D eigenvalue weighted by Gasteiger charge is 2.29. The maximum atomic E-state index is 11.6. The first kappa shape index (κ1) is 15.6. The average molecular weight is 284 g/mol. The van der Waals surface area contributed by atoms with Gasteiger partial charge in [0.25, 0.3) is 0 Å². The topological polar surface area (TPSA) is 79.3 Å². The van der Waals surface area contributed by atoms with Crippen molar-refractivity contribution in [3.05, 3.63) is 16.1 Å². The zero-order chi connectivity index (χ0) is 14.5. The van der Waals surface area contributed by atoms with Crippen LogP contribution in [0.3, 0.4) is 0 Å². The maximum Gasteiger partial charge on any atom is 0.309 e. The molecule has 2 N–H and O–H groups in total. The predicted octanol–water partition coefficient (Wildman–Crippen LogP) is 1.87. The van der Waals surface area contributed by atoms with Crippen LogP contribution in [0.1, 0.15) is 37.1 Å². The lowest BCUT2D eigenvalue weighted by atomic mass is 9.89. The molecule has 0 spiro atoms. The number of aromatic nitrogens is 1. The number of rotatable bonds is 7. The number of nitrogens with zero attached hydrogens (tertiary/aromatic N) is 1. The molecular formula is C13H20N2O3S. The van der Waals surface area contributed by atoms with Crippen molar-refractivity contribution >= 4 is 23.2 Å².